The number of aliphatic hydroxyl groups excluding tert-OH is 1. The molecule has 1 aromatic heterocycles. The first-order chi connectivity index (χ1) is 13.4. The number of phenols is 2. The molecule has 0 aliphatic rings. The quantitative estimate of drug-likeness (QED) is 0.525. The number of ketones is 1. The summed E-state index contributed by atoms with van der Waals surface area (Å²) in [7, 11) is 1.51. The standard InChI is InChI=1S/C20H25NO7/c1-3-14-15(10-18(25)21(5-7-22)6-9-27-2)19(17(24)11-16(14)23)20(26)13-4-8-28-12-13/h4,8,11-12,22-24H,3,5-7,9-10H2,1-2H3. The van der Waals surface area contributed by atoms with Crippen LogP contribution in [-0.2, 0) is 22.4 Å². The molecule has 1 amide bonds. The fourth-order valence-corrected chi connectivity index (χ4v) is 3.08. The lowest BCUT2D eigenvalue weighted by atomic mass is 9.90. The molecule has 0 bridgehead atoms. The van der Waals surface area contributed by atoms with E-state index in [0.717, 1.165) is 6.07 Å². The van der Waals surface area contributed by atoms with Crippen LogP contribution < -0.4 is 0 Å². The summed E-state index contributed by atoms with van der Waals surface area (Å²) in [5, 5.41) is 29.8. The number of amides is 1. The fourth-order valence-electron chi connectivity index (χ4n) is 3.08. The van der Waals surface area contributed by atoms with Crippen LogP contribution in [0.3, 0.4) is 0 Å². The van der Waals surface area contributed by atoms with Crippen LogP contribution in [0, 0.1) is 0 Å². The number of hydrogen-bond acceptors (Lipinski definition) is 7. The van der Waals surface area contributed by atoms with Crippen molar-refractivity contribution in [3.8, 4) is 11.5 Å². The average molecular weight is 391 g/mol. The average Bonchev–Trinajstić information content (AvgIpc) is 3.19. The number of aliphatic hydroxyl groups is 1. The summed E-state index contributed by atoms with van der Waals surface area (Å²) in [5.74, 6) is -1.45. The molecule has 0 unspecified atom stereocenters. The van der Waals surface area contributed by atoms with E-state index in [1.54, 1.807) is 6.92 Å². The summed E-state index contributed by atoms with van der Waals surface area (Å²) >= 11 is 0. The molecular formula is C20H25NO7. The monoisotopic (exact) mass is 391 g/mol. The molecule has 0 fully saturated rings. The minimum Gasteiger partial charge on any atom is -0.508 e. The summed E-state index contributed by atoms with van der Waals surface area (Å²) in [6.45, 7) is 2.23. The van der Waals surface area contributed by atoms with Crippen molar-refractivity contribution in [1.29, 1.82) is 0 Å². The zero-order valence-corrected chi connectivity index (χ0v) is 16.0. The van der Waals surface area contributed by atoms with E-state index < -0.39 is 11.5 Å². The molecule has 3 N–H and O–H groups in total. The normalized spacial score (nSPS) is 10.8. The molecule has 152 valence electrons. The number of nitrogens with zero attached hydrogens (tertiary/aromatic N) is 1. The molecule has 0 aliphatic carbocycles. The van der Waals surface area contributed by atoms with E-state index in [2.05, 4.69) is 0 Å². The Balaban J connectivity index is 2.48. The van der Waals surface area contributed by atoms with Crippen molar-refractivity contribution in [2.45, 2.75) is 19.8 Å². The van der Waals surface area contributed by atoms with Gasteiger partial charge in [-0.1, -0.05) is 6.92 Å². The molecule has 0 atom stereocenters. The SMILES string of the molecule is CCc1c(O)cc(O)c(C(=O)c2ccoc2)c1CC(=O)N(CCO)CCOC. The summed E-state index contributed by atoms with van der Waals surface area (Å²) < 4.78 is 9.94. The number of ether oxygens (including phenoxy) is 1. The van der Waals surface area contributed by atoms with Crippen LogP contribution in [0.1, 0.15) is 34.0 Å². The highest BCUT2D eigenvalue weighted by Crippen LogP contribution is 2.35. The number of carbonyl (C=O) groups excluding carboxylic acids is 2. The van der Waals surface area contributed by atoms with E-state index in [9.17, 15) is 24.9 Å². The Labute approximate surface area is 163 Å². The van der Waals surface area contributed by atoms with Gasteiger partial charge in [-0.15, -0.1) is 0 Å². The highest BCUT2D eigenvalue weighted by atomic mass is 16.5. The Hall–Kier alpha value is -2.84. The molecule has 1 aromatic carbocycles. The predicted octanol–water partition coefficient (Wildman–Crippen LogP) is 1.49. The van der Waals surface area contributed by atoms with E-state index >= 15 is 0 Å². The largest absolute Gasteiger partial charge is 0.508 e. The van der Waals surface area contributed by atoms with Gasteiger partial charge in [0.2, 0.25) is 5.91 Å². The van der Waals surface area contributed by atoms with Crippen molar-refractivity contribution in [3.05, 3.63) is 46.9 Å². The molecule has 0 radical (unpaired) electrons. The minimum atomic E-state index is -0.505. The lowest BCUT2D eigenvalue weighted by Gasteiger charge is -2.23. The molecule has 1 heterocycles. The van der Waals surface area contributed by atoms with Gasteiger partial charge in [0, 0.05) is 26.3 Å². The third-order valence-electron chi connectivity index (χ3n) is 4.48. The summed E-state index contributed by atoms with van der Waals surface area (Å²) in [4.78, 5) is 27.1. The number of hydrogen-bond donors (Lipinski definition) is 3. The third-order valence-corrected chi connectivity index (χ3v) is 4.48. The number of rotatable bonds is 10. The maximum Gasteiger partial charge on any atom is 0.227 e. The Bertz CT molecular complexity index is 814. The van der Waals surface area contributed by atoms with E-state index in [0.29, 0.717) is 18.6 Å². The second kappa shape index (κ2) is 9.91. The van der Waals surface area contributed by atoms with Crippen molar-refractivity contribution in [1.82, 2.24) is 4.90 Å². The van der Waals surface area contributed by atoms with E-state index in [-0.39, 0.29) is 54.5 Å². The zero-order valence-electron chi connectivity index (χ0n) is 16.0. The van der Waals surface area contributed by atoms with Crippen molar-refractivity contribution < 1.29 is 34.1 Å². The van der Waals surface area contributed by atoms with Crippen LogP contribution >= 0.6 is 0 Å². The first-order valence-corrected chi connectivity index (χ1v) is 8.95. The molecule has 2 rings (SSSR count). The first-order valence-electron chi connectivity index (χ1n) is 8.95. The predicted molar refractivity (Wildman–Crippen MR) is 101 cm³/mol. The molecule has 0 spiro atoms. The van der Waals surface area contributed by atoms with Crippen molar-refractivity contribution in [2.75, 3.05) is 33.4 Å². The molecule has 0 aliphatic heterocycles. The second-order valence-corrected chi connectivity index (χ2v) is 6.22. The smallest absolute Gasteiger partial charge is 0.227 e. The molecular weight excluding hydrogens is 366 g/mol. The maximum atomic E-state index is 12.9. The Morgan fingerprint density at radius 2 is 1.93 bits per heavy atom. The number of furan rings is 1. The van der Waals surface area contributed by atoms with Gasteiger partial charge in [0.15, 0.2) is 5.78 Å². The van der Waals surface area contributed by atoms with Crippen LogP contribution in [0.2, 0.25) is 0 Å². The van der Waals surface area contributed by atoms with Gasteiger partial charge in [0.25, 0.3) is 0 Å². The fraction of sp³-hybridized carbons (Fsp3) is 0.400. The highest BCUT2D eigenvalue weighted by molar-refractivity contribution is 6.12. The van der Waals surface area contributed by atoms with Crippen LogP contribution in [0.15, 0.2) is 29.1 Å². The Morgan fingerprint density at radius 1 is 1.18 bits per heavy atom. The van der Waals surface area contributed by atoms with E-state index in [4.69, 9.17) is 9.15 Å². The number of carbonyl (C=O) groups is 2. The molecule has 8 nitrogen and oxygen atoms in total. The summed E-state index contributed by atoms with van der Waals surface area (Å²) in [6, 6.07) is 2.57. The van der Waals surface area contributed by atoms with Crippen LogP contribution in [0.5, 0.6) is 11.5 Å². The van der Waals surface area contributed by atoms with Gasteiger partial charge in [0.1, 0.15) is 17.8 Å². The topological polar surface area (TPSA) is 120 Å². The molecule has 2 aromatic rings. The Kier molecular flexibility index (Phi) is 7.60. The first kappa shape index (κ1) is 21.5. The van der Waals surface area contributed by atoms with Gasteiger partial charge in [-0.05, 0) is 23.6 Å². The second-order valence-electron chi connectivity index (χ2n) is 6.22. The molecule has 8 heteroatoms. The van der Waals surface area contributed by atoms with Gasteiger partial charge < -0.3 is 29.4 Å². The number of methoxy groups -OCH3 is 1. The maximum absolute atomic E-state index is 12.9. The third kappa shape index (κ3) is 4.71. The van der Waals surface area contributed by atoms with E-state index in [1.807, 2.05) is 0 Å². The van der Waals surface area contributed by atoms with Gasteiger partial charge in [-0.2, -0.15) is 0 Å². The highest BCUT2D eigenvalue weighted by Gasteiger charge is 2.26. The van der Waals surface area contributed by atoms with Crippen molar-refractivity contribution in [2.24, 2.45) is 0 Å². The van der Waals surface area contributed by atoms with Gasteiger partial charge >= 0.3 is 0 Å². The number of aromatic hydroxyl groups is 2. The molecule has 28 heavy (non-hydrogen) atoms. The summed E-state index contributed by atoms with van der Waals surface area (Å²) in [6.07, 6.45) is 2.73. The van der Waals surface area contributed by atoms with Gasteiger partial charge in [-0.25, -0.2) is 0 Å². The summed E-state index contributed by atoms with van der Waals surface area (Å²) in [5.41, 5.74) is 0.855. The van der Waals surface area contributed by atoms with E-state index in [1.165, 1.54) is 30.6 Å². The lowest BCUT2D eigenvalue weighted by molar-refractivity contribution is -0.131. The lowest BCUT2D eigenvalue weighted by Crippen LogP contribution is -2.37. The molecule has 0 saturated carbocycles. The van der Waals surface area contributed by atoms with Crippen LogP contribution in [-0.4, -0.2) is 65.3 Å². The minimum absolute atomic E-state index is 0.0416. The van der Waals surface area contributed by atoms with Crippen molar-refractivity contribution >= 4 is 11.7 Å². The Morgan fingerprint density at radius 3 is 2.50 bits per heavy atom. The van der Waals surface area contributed by atoms with Crippen molar-refractivity contribution in [3.63, 3.8) is 0 Å². The van der Waals surface area contributed by atoms with Crippen LogP contribution in [0.25, 0.3) is 0 Å². The molecule has 0 saturated heterocycles. The van der Waals surface area contributed by atoms with Crippen LogP contribution in [0.4, 0.5) is 0 Å². The van der Waals surface area contributed by atoms with Gasteiger partial charge in [0.05, 0.1) is 37.0 Å². The van der Waals surface area contributed by atoms with Gasteiger partial charge in [-0.3, -0.25) is 9.59 Å². The zero-order chi connectivity index (χ0) is 20.7. The number of benzene rings is 1. The number of phenolic OH excluding ortho intramolecular Hbond substituents is 2.